The number of amides is 11. The van der Waals surface area contributed by atoms with Crippen LogP contribution in [-0.2, 0) is 65.5 Å². The van der Waals surface area contributed by atoms with Crippen molar-refractivity contribution in [2.75, 3.05) is 59.8 Å². The van der Waals surface area contributed by atoms with Gasteiger partial charge in [0.25, 0.3) is 0 Å². The summed E-state index contributed by atoms with van der Waals surface area (Å²) in [5.41, 5.74) is 7.73. The summed E-state index contributed by atoms with van der Waals surface area (Å²) in [6, 6.07) is 11.6. The zero-order chi connectivity index (χ0) is 72.5. The number of rotatable bonds is 41. The summed E-state index contributed by atoms with van der Waals surface area (Å²) >= 11 is 1.48. The summed E-state index contributed by atoms with van der Waals surface area (Å²) in [5, 5.41) is 20.1. The fraction of sp³-hybridized carbons (Fsp3) is 0.658. The van der Waals surface area contributed by atoms with Gasteiger partial charge in [-0.15, -0.1) is 11.3 Å². The number of hydrogen-bond donors (Lipinski definition) is 7. The first-order chi connectivity index (χ1) is 46.5. The number of ether oxygens (including phenoxy) is 2. The van der Waals surface area contributed by atoms with Gasteiger partial charge in [0.05, 0.1) is 48.7 Å². The summed E-state index contributed by atoms with van der Waals surface area (Å²) in [7, 11) is 6.72. The van der Waals surface area contributed by atoms with Gasteiger partial charge in [-0.3, -0.25) is 53.0 Å². The van der Waals surface area contributed by atoms with Crippen molar-refractivity contribution in [3.8, 4) is 0 Å². The first kappa shape index (κ1) is 81.3. The van der Waals surface area contributed by atoms with E-state index in [1.807, 2.05) is 127 Å². The third-order valence-electron chi connectivity index (χ3n) is 19.4. The predicted octanol–water partition coefficient (Wildman–Crippen LogP) is 7.41. The maximum absolute atomic E-state index is 14.9. The van der Waals surface area contributed by atoms with Crippen LogP contribution < -0.4 is 37.6 Å². The first-order valence-corrected chi connectivity index (χ1v) is 36.1. The lowest BCUT2D eigenvalue weighted by Crippen LogP contribution is -2.60. The molecule has 1 aromatic heterocycles. The molecule has 1 unspecified atom stereocenters. The molecular weight excluding hydrogens is 1270 g/mol. The van der Waals surface area contributed by atoms with Gasteiger partial charge in [0.2, 0.25) is 53.2 Å². The van der Waals surface area contributed by atoms with E-state index in [-0.39, 0.29) is 121 Å². The summed E-state index contributed by atoms with van der Waals surface area (Å²) in [4.78, 5) is 147. The number of likely N-dealkylation sites (tertiary alicyclic amines) is 2. The molecule has 2 saturated heterocycles. The number of nitrogens with zero attached hydrogens (tertiary/aromatic N) is 5. The molecule has 24 nitrogen and oxygen atoms in total. The molecule has 0 saturated carbocycles. The molecule has 0 radical (unpaired) electrons. The van der Waals surface area contributed by atoms with E-state index < -0.39 is 66.2 Å². The molecule has 0 aliphatic carbocycles. The smallest absolute Gasteiger partial charge is 0.312 e. The van der Waals surface area contributed by atoms with Gasteiger partial charge in [0.15, 0.2) is 0 Å². The second-order valence-corrected chi connectivity index (χ2v) is 29.0. The number of primary amides is 1. The Morgan fingerprint density at radius 1 is 0.755 bits per heavy atom. The van der Waals surface area contributed by atoms with E-state index in [9.17, 15) is 47.9 Å². The molecule has 25 heteroatoms. The highest BCUT2D eigenvalue weighted by molar-refractivity contribution is 7.09. The molecule has 3 heterocycles. The third kappa shape index (κ3) is 23.7. The fourth-order valence-corrected chi connectivity index (χ4v) is 14.2. The molecule has 8 N–H and O–H groups in total. The van der Waals surface area contributed by atoms with E-state index in [0.717, 1.165) is 22.6 Å². The zero-order valence-electron chi connectivity index (χ0n) is 60.7. The normalized spacial score (nSPS) is 18.0. The lowest BCUT2D eigenvalue weighted by Gasteiger charge is -2.41. The summed E-state index contributed by atoms with van der Waals surface area (Å²) in [5.74, 6) is -4.47. The topological polar surface area (TPSA) is 313 Å². The van der Waals surface area contributed by atoms with Crippen molar-refractivity contribution >= 4 is 76.2 Å². The molecule has 5 rings (SSSR count). The number of carbonyl (C=O) groups excluding carboxylic acids is 10. The average Bonchev–Trinajstić information content (AvgIpc) is 1.67. The molecule has 3 aromatic rings. The van der Waals surface area contributed by atoms with Crippen LogP contribution in [0, 0.1) is 41.4 Å². The standard InChI is InChI=1S/C73H114N12O12S/c1-16-48(10)64(57(96-14)43-60(88)84-38-24-28-56(84)65(97-15)49(11)66(89)79-55(70-75-36-40-98-70)41-51-25-19-17-20-26-51)83(13)72(94)62(46(6)7)81-69(92)63(47(8)9)82(12)39-34-50-30-32-52(33-31-50)77-67(90)54(27-23-35-76-73(74)95)78-68(91)61(45(4)5)80-58(86)29-21-18-22-37-85-59(87)42-53(44(2)3)71(85)93/h17,19-20,25-26,30-33,36,40,44-49,53-57,61-65H,16,18,21-24,27-29,34-35,37-39,41-43H2,1-15H3,(H,77,90)(H,78,91)(H,79,89)(H,80,86)(H,81,92)(H3,74,76,95)/t48-,49+,53?,54-,55-,56-,57+,61-,62-,63-,64-,65+/m0/s1. The Bertz CT molecular complexity index is 3060. The van der Waals surface area contributed by atoms with Crippen molar-refractivity contribution in [1.29, 1.82) is 0 Å². The van der Waals surface area contributed by atoms with Gasteiger partial charge < -0.3 is 56.9 Å². The molecule has 2 aromatic carbocycles. The monoisotopic (exact) mass is 1380 g/mol. The van der Waals surface area contributed by atoms with Crippen molar-refractivity contribution in [2.24, 2.45) is 47.2 Å². The van der Waals surface area contributed by atoms with Crippen LogP contribution in [0.4, 0.5) is 10.5 Å². The van der Waals surface area contributed by atoms with Crippen molar-refractivity contribution in [3.05, 3.63) is 82.3 Å². The number of carbonyl (C=O) groups is 10. The van der Waals surface area contributed by atoms with Crippen LogP contribution in [0.1, 0.15) is 169 Å². The minimum Gasteiger partial charge on any atom is -0.379 e. The highest BCUT2D eigenvalue weighted by Crippen LogP contribution is 2.32. The molecule has 2 aliphatic rings. The number of unbranched alkanes of at least 4 members (excludes halogenated alkanes) is 2. The molecule has 11 amide bonds. The Morgan fingerprint density at radius 2 is 1.44 bits per heavy atom. The van der Waals surface area contributed by atoms with E-state index in [4.69, 9.17) is 15.2 Å². The van der Waals surface area contributed by atoms with Crippen molar-refractivity contribution in [2.45, 2.75) is 214 Å². The Kier molecular flexibility index (Phi) is 33.2. The maximum atomic E-state index is 14.9. The van der Waals surface area contributed by atoms with E-state index in [2.05, 4.69) is 36.9 Å². The number of nitrogens with two attached hydrogens (primary N) is 1. The molecule has 0 bridgehead atoms. The SMILES string of the molecule is CC[C@H](C)[C@@H]([C@@H](CC(=O)N1CCC[C@H]1[C@H](OC)[C@@H](C)C(=O)N[C@@H](Cc1ccccc1)c1nccs1)OC)N(C)C(=O)[C@@H](NC(=O)[C@H](C(C)C)N(C)CCc1ccc(NC(=O)[C@H](CCCNC(N)=O)NC(=O)[C@@H](NC(=O)CCCCCN2C(=O)CC(C(C)C)C2=O)C(C)C)cc1)C(C)C. The Balaban J connectivity index is 1.18. The van der Waals surface area contributed by atoms with Gasteiger partial charge in [0.1, 0.15) is 23.1 Å². The molecule has 2 fully saturated rings. The molecule has 0 spiro atoms. The van der Waals surface area contributed by atoms with Crippen LogP contribution in [0.25, 0.3) is 0 Å². The highest BCUT2D eigenvalue weighted by Gasteiger charge is 2.44. The summed E-state index contributed by atoms with van der Waals surface area (Å²) < 4.78 is 12.3. The van der Waals surface area contributed by atoms with Crippen molar-refractivity contribution in [1.82, 2.24) is 51.2 Å². The second-order valence-electron chi connectivity index (χ2n) is 28.1. The number of thiazole rings is 1. The van der Waals surface area contributed by atoms with Crippen molar-refractivity contribution in [3.63, 3.8) is 0 Å². The molecule has 12 atom stereocenters. The van der Waals surface area contributed by atoms with Gasteiger partial charge in [0, 0.05) is 83.5 Å². The van der Waals surface area contributed by atoms with Crippen LogP contribution in [0.2, 0.25) is 0 Å². The highest BCUT2D eigenvalue weighted by atomic mass is 32.1. The molecule has 544 valence electrons. The number of benzene rings is 2. The number of anilines is 1. The lowest BCUT2D eigenvalue weighted by molar-refractivity contribution is -0.148. The van der Waals surface area contributed by atoms with Crippen LogP contribution >= 0.6 is 11.3 Å². The number of hydrogen-bond acceptors (Lipinski definition) is 15. The molecule has 2 aliphatic heterocycles. The lowest BCUT2D eigenvalue weighted by atomic mass is 9.89. The number of urea groups is 1. The zero-order valence-corrected chi connectivity index (χ0v) is 61.5. The van der Waals surface area contributed by atoms with E-state index in [1.165, 1.54) is 16.2 Å². The molecular formula is C73H114N12O12S. The van der Waals surface area contributed by atoms with Crippen LogP contribution in [0.3, 0.4) is 0 Å². The largest absolute Gasteiger partial charge is 0.379 e. The number of methoxy groups -OCH3 is 2. The number of nitrogens with one attached hydrogen (secondary N) is 6. The van der Waals surface area contributed by atoms with E-state index >= 15 is 0 Å². The van der Waals surface area contributed by atoms with Crippen LogP contribution in [0.15, 0.2) is 66.2 Å². The van der Waals surface area contributed by atoms with Gasteiger partial charge >= 0.3 is 6.03 Å². The number of imide groups is 1. The van der Waals surface area contributed by atoms with Crippen molar-refractivity contribution < 1.29 is 57.4 Å². The summed E-state index contributed by atoms with van der Waals surface area (Å²) in [6.07, 6.45) is 5.92. The van der Waals surface area contributed by atoms with Gasteiger partial charge in [-0.2, -0.15) is 0 Å². The molecule has 98 heavy (non-hydrogen) atoms. The Hall–Kier alpha value is -7.35. The Labute approximate surface area is 585 Å². The van der Waals surface area contributed by atoms with E-state index in [0.29, 0.717) is 76.7 Å². The predicted molar refractivity (Wildman–Crippen MR) is 380 cm³/mol. The maximum Gasteiger partial charge on any atom is 0.312 e. The number of likely N-dealkylation sites (N-methyl/N-ethyl adjacent to an activating group) is 2. The average molecular weight is 1380 g/mol. The minimum absolute atomic E-state index is 0.0291. The second kappa shape index (κ2) is 40.0. The van der Waals surface area contributed by atoms with Gasteiger partial charge in [-0.05, 0) is 111 Å². The fourth-order valence-electron chi connectivity index (χ4n) is 13.5. The summed E-state index contributed by atoms with van der Waals surface area (Å²) in [6.45, 7) is 22.4. The van der Waals surface area contributed by atoms with Crippen LogP contribution in [-0.4, -0.2) is 187 Å². The van der Waals surface area contributed by atoms with Crippen LogP contribution in [0.5, 0.6) is 0 Å². The van der Waals surface area contributed by atoms with Gasteiger partial charge in [-0.25, -0.2) is 9.78 Å². The quantitative estimate of drug-likeness (QED) is 0.0215. The number of aromatic nitrogens is 1. The van der Waals surface area contributed by atoms with Gasteiger partial charge in [-0.1, -0.05) is 131 Å². The Morgan fingerprint density at radius 3 is 2.02 bits per heavy atom. The first-order valence-electron chi connectivity index (χ1n) is 35.3. The van der Waals surface area contributed by atoms with E-state index in [1.54, 1.807) is 58.3 Å². The minimum atomic E-state index is -1.05. The third-order valence-corrected chi connectivity index (χ3v) is 20.3.